The number of nitrogens with one attached hydrogen (secondary N) is 3. The molecular weight excluding hydrogens is 527 g/mol. The van der Waals surface area contributed by atoms with Crippen LogP contribution in [0.5, 0.6) is 0 Å². The predicted molar refractivity (Wildman–Crippen MR) is 160 cm³/mol. The maximum atomic E-state index is 13.7. The van der Waals surface area contributed by atoms with Crippen molar-refractivity contribution in [1.82, 2.24) is 5.32 Å². The first-order valence-corrected chi connectivity index (χ1v) is 13.8. The summed E-state index contributed by atoms with van der Waals surface area (Å²) in [6.07, 6.45) is 3.09. The number of aryl methyl sites for hydroxylation is 1. The molecule has 0 saturated heterocycles. The lowest BCUT2D eigenvalue weighted by molar-refractivity contribution is -0.137. The van der Waals surface area contributed by atoms with Crippen LogP contribution in [0, 0.1) is 12.8 Å². The Morgan fingerprint density at radius 2 is 1.73 bits per heavy atom. The van der Waals surface area contributed by atoms with E-state index in [-0.39, 0.29) is 11.5 Å². The summed E-state index contributed by atoms with van der Waals surface area (Å²) in [5.74, 6) is -0.647. The smallest absolute Gasteiger partial charge is 0.384 e. The van der Waals surface area contributed by atoms with E-state index in [1.807, 2.05) is 19.9 Å². The number of halogens is 3. The Morgan fingerprint density at radius 3 is 2.37 bits per heavy atom. The topological polar surface area (TPSA) is 70.2 Å². The third kappa shape index (κ3) is 7.99. The minimum absolute atomic E-state index is 0.119. The number of amides is 2. The summed E-state index contributed by atoms with van der Waals surface area (Å²) < 4.78 is 39.3. The molecule has 8 heteroatoms. The molecule has 0 unspecified atom stereocenters. The molecule has 3 N–H and O–H groups in total. The highest BCUT2D eigenvalue weighted by atomic mass is 19.4. The average Bonchev–Trinajstić information content (AvgIpc) is 3.04. The quantitative estimate of drug-likeness (QED) is 0.286. The molecule has 0 atom stereocenters. The molecule has 0 radical (unpaired) electrons. The van der Waals surface area contributed by atoms with Gasteiger partial charge in [-0.05, 0) is 81.0 Å². The molecule has 41 heavy (non-hydrogen) atoms. The van der Waals surface area contributed by atoms with Gasteiger partial charge in [0.25, 0.3) is 11.8 Å². The van der Waals surface area contributed by atoms with Gasteiger partial charge in [0, 0.05) is 29.1 Å². The van der Waals surface area contributed by atoms with Crippen LogP contribution in [0.4, 0.5) is 24.5 Å². The Labute approximate surface area is 240 Å². The van der Waals surface area contributed by atoms with E-state index < -0.39 is 17.6 Å². The minimum Gasteiger partial charge on any atom is -0.384 e. The third-order valence-electron chi connectivity index (χ3n) is 6.89. The van der Waals surface area contributed by atoms with E-state index in [4.69, 9.17) is 0 Å². The summed E-state index contributed by atoms with van der Waals surface area (Å²) in [4.78, 5) is 26.5. The fraction of sp³-hybridized carbons (Fsp3) is 0.333. The number of allylic oxidation sites excluding steroid dienone is 6. The molecule has 2 amide bonds. The summed E-state index contributed by atoms with van der Waals surface area (Å²) in [5, 5.41) is 9.03. The number of rotatable bonds is 9. The first-order valence-electron chi connectivity index (χ1n) is 13.8. The number of likely N-dealkylation sites (N-methyl/N-ethyl adjacent to an activating group) is 1. The zero-order valence-corrected chi connectivity index (χ0v) is 24.4. The Morgan fingerprint density at radius 1 is 1.00 bits per heavy atom. The fourth-order valence-corrected chi connectivity index (χ4v) is 4.55. The molecule has 0 aliphatic heterocycles. The SMILES string of the molecule is CCNC1=C(/C=C\C(C)C)C(C)=C(CC)CC=C1C(=O)Nc1cc(NC(=O)c2cccc(C(F)(F)F)c2)ccc1C. The van der Waals surface area contributed by atoms with Crippen molar-refractivity contribution in [3.8, 4) is 0 Å². The summed E-state index contributed by atoms with van der Waals surface area (Å²) in [7, 11) is 0. The molecule has 0 bridgehead atoms. The van der Waals surface area contributed by atoms with E-state index in [0.29, 0.717) is 35.8 Å². The third-order valence-corrected chi connectivity index (χ3v) is 6.89. The van der Waals surface area contributed by atoms with E-state index in [2.05, 4.69) is 55.8 Å². The summed E-state index contributed by atoms with van der Waals surface area (Å²) >= 11 is 0. The lowest BCUT2D eigenvalue weighted by Gasteiger charge is -2.18. The molecule has 5 nitrogen and oxygen atoms in total. The van der Waals surface area contributed by atoms with Crippen LogP contribution in [0.1, 0.15) is 68.9 Å². The number of alkyl halides is 3. The highest BCUT2D eigenvalue weighted by molar-refractivity contribution is 6.08. The molecule has 0 aromatic heterocycles. The first kappa shape index (κ1) is 31.5. The lowest BCUT2D eigenvalue weighted by Crippen LogP contribution is -2.25. The van der Waals surface area contributed by atoms with E-state index in [1.54, 1.807) is 18.2 Å². The highest BCUT2D eigenvalue weighted by Gasteiger charge is 2.31. The van der Waals surface area contributed by atoms with Crippen molar-refractivity contribution in [2.45, 2.75) is 60.6 Å². The van der Waals surface area contributed by atoms with Crippen LogP contribution >= 0.6 is 0 Å². The Bertz CT molecular complexity index is 1430. The zero-order chi connectivity index (χ0) is 30.3. The first-order chi connectivity index (χ1) is 19.3. The molecule has 0 fully saturated rings. The van der Waals surface area contributed by atoms with E-state index >= 15 is 0 Å². The van der Waals surface area contributed by atoms with Crippen molar-refractivity contribution in [2.24, 2.45) is 5.92 Å². The maximum absolute atomic E-state index is 13.7. The number of hydrogen-bond acceptors (Lipinski definition) is 3. The van der Waals surface area contributed by atoms with Crippen LogP contribution in [-0.4, -0.2) is 18.4 Å². The molecule has 1 aliphatic rings. The average molecular weight is 566 g/mol. The molecule has 2 aromatic carbocycles. The molecule has 0 heterocycles. The normalized spacial score (nSPS) is 14.3. The Hall–Kier alpha value is -4.07. The second-order valence-electron chi connectivity index (χ2n) is 10.3. The summed E-state index contributed by atoms with van der Waals surface area (Å²) in [6.45, 7) is 12.8. The molecule has 0 saturated carbocycles. The molecular formula is C33H38F3N3O2. The van der Waals surface area contributed by atoms with Gasteiger partial charge in [-0.15, -0.1) is 0 Å². The van der Waals surface area contributed by atoms with Gasteiger partial charge < -0.3 is 16.0 Å². The molecule has 218 valence electrons. The number of hydrogen-bond donors (Lipinski definition) is 3. The molecule has 3 rings (SSSR count). The van der Waals surface area contributed by atoms with Gasteiger partial charge in [-0.2, -0.15) is 13.2 Å². The van der Waals surface area contributed by atoms with E-state index in [9.17, 15) is 22.8 Å². The number of carbonyl (C=O) groups excluding carboxylic acids is 2. The Balaban J connectivity index is 1.92. The van der Waals surface area contributed by atoms with Crippen molar-refractivity contribution in [1.29, 1.82) is 0 Å². The van der Waals surface area contributed by atoms with Gasteiger partial charge in [0.05, 0.1) is 16.8 Å². The minimum atomic E-state index is -4.55. The zero-order valence-electron chi connectivity index (χ0n) is 24.4. The van der Waals surface area contributed by atoms with Gasteiger partial charge in [-0.25, -0.2) is 0 Å². The van der Waals surface area contributed by atoms with Crippen LogP contribution in [-0.2, 0) is 11.0 Å². The van der Waals surface area contributed by atoms with Gasteiger partial charge >= 0.3 is 6.18 Å². The second kappa shape index (κ2) is 13.5. The standard InChI is InChI=1S/C33H38F3N3O2/c1-7-23-14-17-28(30(37-8-2)27(22(23)6)16-12-20(3)4)32(41)39-29-19-26(15-13-21(29)5)38-31(40)24-10-9-11-25(18-24)33(34,35)36/h9-13,15-20,37H,7-8,14H2,1-6H3,(H,38,40)(H,39,41)/b16-12-. The summed E-state index contributed by atoms with van der Waals surface area (Å²) in [6, 6.07) is 9.22. The van der Waals surface area contributed by atoms with Gasteiger partial charge in [-0.1, -0.05) is 56.7 Å². The fourth-order valence-electron chi connectivity index (χ4n) is 4.55. The monoisotopic (exact) mass is 565 g/mol. The van der Waals surface area contributed by atoms with Crippen molar-refractivity contribution in [3.63, 3.8) is 0 Å². The van der Waals surface area contributed by atoms with Gasteiger partial charge in [0.2, 0.25) is 0 Å². The molecule has 2 aromatic rings. The van der Waals surface area contributed by atoms with E-state index in [0.717, 1.165) is 41.0 Å². The van der Waals surface area contributed by atoms with Crippen LogP contribution < -0.4 is 16.0 Å². The highest BCUT2D eigenvalue weighted by Crippen LogP contribution is 2.32. The number of benzene rings is 2. The van der Waals surface area contributed by atoms with Crippen LogP contribution in [0.2, 0.25) is 0 Å². The van der Waals surface area contributed by atoms with Gasteiger partial charge in [0.15, 0.2) is 0 Å². The predicted octanol–water partition coefficient (Wildman–Crippen LogP) is 8.34. The van der Waals surface area contributed by atoms with Crippen LogP contribution in [0.25, 0.3) is 0 Å². The van der Waals surface area contributed by atoms with E-state index in [1.165, 1.54) is 17.7 Å². The Kier molecular flexibility index (Phi) is 10.4. The van der Waals surface area contributed by atoms with Crippen molar-refractivity contribution < 1.29 is 22.8 Å². The second-order valence-corrected chi connectivity index (χ2v) is 10.3. The maximum Gasteiger partial charge on any atom is 0.416 e. The van der Waals surface area contributed by atoms with Crippen molar-refractivity contribution in [2.75, 3.05) is 17.2 Å². The largest absolute Gasteiger partial charge is 0.416 e. The van der Waals surface area contributed by atoms with Crippen molar-refractivity contribution in [3.05, 3.63) is 105 Å². The molecule has 1 aliphatic carbocycles. The van der Waals surface area contributed by atoms with Gasteiger partial charge in [0.1, 0.15) is 0 Å². The number of anilines is 2. The van der Waals surface area contributed by atoms with Crippen LogP contribution in [0.15, 0.2) is 88.7 Å². The lowest BCUT2D eigenvalue weighted by atomic mass is 9.96. The van der Waals surface area contributed by atoms with Crippen LogP contribution in [0.3, 0.4) is 0 Å². The summed E-state index contributed by atoms with van der Waals surface area (Å²) in [5.41, 5.74) is 5.24. The van der Waals surface area contributed by atoms with Crippen molar-refractivity contribution >= 4 is 23.2 Å². The molecule has 0 spiro atoms. The number of carbonyl (C=O) groups is 2. The van der Waals surface area contributed by atoms with Gasteiger partial charge in [-0.3, -0.25) is 9.59 Å².